The molecule has 4 nitrogen and oxygen atoms in total. The van der Waals surface area contributed by atoms with Crippen molar-refractivity contribution < 1.29 is 9.59 Å². The van der Waals surface area contributed by atoms with E-state index in [9.17, 15) is 9.59 Å². The van der Waals surface area contributed by atoms with Gasteiger partial charge in [-0.15, -0.1) is 0 Å². The van der Waals surface area contributed by atoms with Gasteiger partial charge < -0.3 is 10.6 Å². The summed E-state index contributed by atoms with van der Waals surface area (Å²) in [4.78, 5) is 27.5. The molecule has 0 aliphatic heterocycles. The van der Waals surface area contributed by atoms with Gasteiger partial charge in [0.1, 0.15) is 0 Å². The molecule has 0 fully saturated rings. The molecule has 1 aliphatic rings. The summed E-state index contributed by atoms with van der Waals surface area (Å²) in [5.74, 6) is -0.289. The molecule has 0 heterocycles. The number of carbonyl (C=O) groups excluding carboxylic acids is 2. The van der Waals surface area contributed by atoms with Crippen molar-refractivity contribution >= 4 is 34.3 Å². The van der Waals surface area contributed by atoms with Gasteiger partial charge in [-0.1, -0.05) is 74.5 Å². The molecule has 0 unspecified atom stereocenters. The summed E-state index contributed by atoms with van der Waals surface area (Å²) in [7, 11) is 0. The maximum absolute atomic E-state index is 14.0. The highest BCUT2D eigenvalue weighted by atomic mass is 16.1. The van der Waals surface area contributed by atoms with E-state index in [1.165, 1.54) is 0 Å². The van der Waals surface area contributed by atoms with Crippen molar-refractivity contribution in [2.24, 2.45) is 0 Å². The molecule has 0 bridgehead atoms. The molecular formula is C30H26N2O2. The van der Waals surface area contributed by atoms with E-state index < -0.39 is 0 Å². The van der Waals surface area contributed by atoms with Crippen LogP contribution in [0.25, 0.3) is 0 Å². The zero-order valence-electron chi connectivity index (χ0n) is 19.3. The van der Waals surface area contributed by atoms with Crippen molar-refractivity contribution in [3.8, 4) is 0 Å². The van der Waals surface area contributed by atoms with Crippen LogP contribution in [0.2, 0.25) is 0 Å². The summed E-state index contributed by atoms with van der Waals surface area (Å²) >= 11 is 0. The second-order valence-corrected chi connectivity index (χ2v) is 8.39. The molecule has 2 N–H and O–H groups in total. The third-order valence-electron chi connectivity index (χ3n) is 6.41. The number of fused-ring (bicyclic) bond motifs is 2. The van der Waals surface area contributed by atoms with E-state index in [-0.39, 0.29) is 11.6 Å². The summed E-state index contributed by atoms with van der Waals surface area (Å²) in [6, 6.07) is 26.9. The molecule has 0 atom stereocenters. The van der Waals surface area contributed by atoms with Gasteiger partial charge in [-0.2, -0.15) is 0 Å². The minimum Gasteiger partial charge on any atom is -0.355 e. The summed E-state index contributed by atoms with van der Waals surface area (Å²) in [5, 5.41) is 6.85. The highest BCUT2D eigenvalue weighted by Crippen LogP contribution is 2.38. The van der Waals surface area contributed by atoms with Crippen LogP contribution in [0.1, 0.15) is 56.8 Å². The van der Waals surface area contributed by atoms with Gasteiger partial charge in [-0.05, 0) is 48.2 Å². The van der Waals surface area contributed by atoms with Crippen LogP contribution in [-0.4, -0.2) is 11.6 Å². The second kappa shape index (κ2) is 8.99. The third kappa shape index (κ3) is 3.67. The van der Waals surface area contributed by atoms with Crippen LogP contribution < -0.4 is 10.6 Å². The van der Waals surface area contributed by atoms with Gasteiger partial charge >= 0.3 is 0 Å². The molecule has 0 amide bonds. The molecule has 0 aromatic heterocycles. The molecule has 0 radical (unpaired) electrons. The lowest BCUT2D eigenvalue weighted by molar-refractivity contribution is 0.0980. The zero-order valence-corrected chi connectivity index (χ0v) is 19.3. The molecule has 0 spiro atoms. The Morgan fingerprint density at radius 2 is 0.912 bits per heavy atom. The first kappa shape index (κ1) is 21.7. The van der Waals surface area contributed by atoms with Crippen LogP contribution in [0.5, 0.6) is 0 Å². The Kier molecular flexibility index (Phi) is 5.72. The Bertz CT molecular complexity index is 1320. The first-order chi connectivity index (χ1) is 16.6. The minimum absolute atomic E-state index is 0.135. The number of hydrogen-bond donors (Lipinski definition) is 2. The van der Waals surface area contributed by atoms with E-state index in [1.807, 2.05) is 60.7 Å². The third-order valence-corrected chi connectivity index (χ3v) is 6.41. The molecule has 4 heteroatoms. The first-order valence-electron chi connectivity index (χ1n) is 11.7. The van der Waals surface area contributed by atoms with Crippen LogP contribution in [0.4, 0.5) is 22.7 Å². The van der Waals surface area contributed by atoms with Crippen molar-refractivity contribution in [3.05, 3.63) is 118 Å². The Labute approximate surface area is 199 Å². The Morgan fingerprint density at radius 3 is 1.35 bits per heavy atom. The van der Waals surface area contributed by atoms with E-state index in [1.54, 1.807) is 12.1 Å². The lowest BCUT2D eigenvalue weighted by atomic mass is 9.82. The summed E-state index contributed by atoms with van der Waals surface area (Å²) in [6.07, 6.45) is 1.72. The van der Waals surface area contributed by atoms with Gasteiger partial charge in [0.05, 0.1) is 22.5 Å². The number of para-hydroxylation sites is 2. The monoisotopic (exact) mass is 446 g/mol. The fraction of sp³-hybridized carbons (Fsp3) is 0.133. The van der Waals surface area contributed by atoms with Gasteiger partial charge in [0.15, 0.2) is 11.6 Å². The number of aryl methyl sites for hydroxylation is 2. The summed E-state index contributed by atoms with van der Waals surface area (Å²) < 4.78 is 0. The Hall–Kier alpha value is -4.18. The van der Waals surface area contributed by atoms with Crippen LogP contribution >= 0.6 is 0 Å². The molecule has 34 heavy (non-hydrogen) atoms. The van der Waals surface area contributed by atoms with Crippen LogP contribution in [0.3, 0.4) is 0 Å². The van der Waals surface area contributed by atoms with Gasteiger partial charge in [0.2, 0.25) is 0 Å². The van der Waals surface area contributed by atoms with Crippen LogP contribution in [0.15, 0.2) is 84.9 Å². The largest absolute Gasteiger partial charge is 0.355 e. The average Bonchev–Trinajstić information content (AvgIpc) is 2.87. The van der Waals surface area contributed by atoms with Crippen molar-refractivity contribution in [1.29, 1.82) is 0 Å². The van der Waals surface area contributed by atoms with Gasteiger partial charge in [-0.25, -0.2) is 0 Å². The number of benzene rings is 4. The highest BCUT2D eigenvalue weighted by molar-refractivity contribution is 6.32. The number of hydrogen-bond acceptors (Lipinski definition) is 4. The van der Waals surface area contributed by atoms with Crippen LogP contribution in [-0.2, 0) is 12.8 Å². The number of carbonyl (C=O) groups is 2. The van der Waals surface area contributed by atoms with Crippen molar-refractivity contribution in [1.82, 2.24) is 0 Å². The van der Waals surface area contributed by atoms with E-state index in [0.29, 0.717) is 33.6 Å². The number of nitrogens with one attached hydrogen (secondary N) is 2. The lowest BCUT2D eigenvalue weighted by Gasteiger charge is -2.24. The second-order valence-electron chi connectivity index (χ2n) is 8.39. The van der Waals surface area contributed by atoms with Gasteiger partial charge in [0, 0.05) is 22.5 Å². The average molecular weight is 447 g/mol. The van der Waals surface area contributed by atoms with Crippen LogP contribution in [0, 0.1) is 0 Å². The van der Waals surface area contributed by atoms with E-state index >= 15 is 0 Å². The Morgan fingerprint density at radius 1 is 0.500 bits per heavy atom. The smallest absolute Gasteiger partial charge is 0.198 e. The quantitative estimate of drug-likeness (QED) is 0.293. The van der Waals surface area contributed by atoms with Crippen molar-refractivity contribution in [3.63, 3.8) is 0 Å². The summed E-state index contributed by atoms with van der Waals surface area (Å²) in [6.45, 7) is 4.19. The zero-order chi connectivity index (χ0) is 23.7. The number of ketones is 2. The molecule has 0 saturated heterocycles. The molecule has 4 aromatic rings. The highest BCUT2D eigenvalue weighted by Gasteiger charge is 2.33. The maximum Gasteiger partial charge on any atom is 0.198 e. The first-order valence-corrected chi connectivity index (χ1v) is 11.7. The standard InChI is InChI=1S/C30H26N2O2/c1-3-19-11-5-7-15-23(19)31-25-17-9-13-21-27(25)30(34)28-22(29(21)33)14-10-18-26(28)32-24-16-8-6-12-20(24)4-2/h5-18,31-32H,3-4H2,1-2H3. The van der Waals surface area contributed by atoms with Crippen molar-refractivity contribution in [2.75, 3.05) is 10.6 Å². The summed E-state index contributed by atoms with van der Waals surface area (Å²) in [5.41, 5.74) is 7.16. The lowest BCUT2D eigenvalue weighted by Crippen LogP contribution is -2.23. The minimum atomic E-state index is -0.154. The predicted molar refractivity (Wildman–Crippen MR) is 138 cm³/mol. The molecular weight excluding hydrogens is 420 g/mol. The van der Waals surface area contributed by atoms with Gasteiger partial charge in [0.25, 0.3) is 0 Å². The normalized spacial score (nSPS) is 12.2. The molecule has 4 aromatic carbocycles. The van der Waals surface area contributed by atoms with E-state index in [0.717, 1.165) is 35.3 Å². The molecule has 5 rings (SSSR count). The van der Waals surface area contributed by atoms with Gasteiger partial charge in [-0.3, -0.25) is 9.59 Å². The molecule has 0 saturated carbocycles. The Balaban J connectivity index is 1.61. The predicted octanol–water partition coefficient (Wildman–Crippen LogP) is 7.07. The van der Waals surface area contributed by atoms with E-state index in [4.69, 9.17) is 0 Å². The fourth-order valence-corrected chi connectivity index (χ4v) is 4.64. The molecule has 1 aliphatic carbocycles. The molecule has 168 valence electrons. The topological polar surface area (TPSA) is 58.2 Å². The number of anilines is 4. The SMILES string of the molecule is CCc1ccccc1Nc1cccc2c1C(=O)c1c(Nc3ccccc3CC)cccc1C2=O. The number of rotatable bonds is 6. The van der Waals surface area contributed by atoms with E-state index in [2.05, 4.69) is 36.6 Å². The maximum atomic E-state index is 14.0. The van der Waals surface area contributed by atoms with Crippen molar-refractivity contribution in [2.45, 2.75) is 26.7 Å². The fourth-order valence-electron chi connectivity index (χ4n) is 4.64.